The molecule has 0 aromatic heterocycles. The van der Waals surface area contributed by atoms with Gasteiger partial charge in [0, 0.05) is 12.1 Å². The second-order valence-electron chi connectivity index (χ2n) is 8.13. The summed E-state index contributed by atoms with van der Waals surface area (Å²) in [7, 11) is 0. The fraction of sp³-hybridized carbons (Fsp3) is 0.947. The molecular formula is C19H36N2O2. The van der Waals surface area contributed by atoms with Gasteiger partial charge >= 0.3 is 5.97 Å². The van der Waals surface area contributed by atoms with Crippen LogP contribution in [0.5, 0.6) is 0 Å². The quantitative estimate of drug-likeness (QED) is 0.731. The normalized spacial score (nSPS) is 36.4. The van der Waals surface area contributed by atoms with Gasteiger partial charge in [-0.2, -0.15) is 0 Å². The number of esters is 1. The second-order valence-corrected chi connectivity index (χ2v) is 8.13. The fourth-order valence-electron chi connectivity index (χ4n) is 6.07. The fourth-order valence-corrected chi connectivity index (χ4v) is 6.07. The summed E-state index contributed by atoms with van der Waals surface area (Å²) in [6, 6.07) is 0. The smallest absolute Gasteiger partial charge is 0.312 e. The van der Waals surface area contributed by atoms with Crippen molar-refractivity contribution in [1.29, 1.82) is 0 Å². The molecule has 0 aromatic carbocycles. The Balaban J connectivity index is 2.57. The van der Waals surface area contributed by atoms with Crippen LogP contribution in [0.4, 0.5) is 0 Å². The van der Waals surface area contributed by atoms with Gasteiger partial charge in [-0.15, -0.1) is 0 Å². The van der Waals surface area contributed by atoms with Gasteiger partial charge in [0.1, 0.15) is 0 Å². The van der Waals surface area contributed by atoms with Gasteiger partial charge in [-0.05, 0) is 56.0 Å². The monoisotopic (exact) mass is 324 g/mol. The summed E-state index contributed by atoms with van der Waals surface area (Å²) >= 11 is 0. The first-order chi connectivity index (χ1) is 10.8. The van der Waals surface area contributed by atoms with Crippen molar-refractivity contribution in [2.75, 3.05) is 26.2 Å². The molecule has 2 aliphatic rings. The summed E-state index contributed by atoms with van der Waals surface area (Å²) in [5, 5.41) is 0. The molecule has 2 aliphatic carbocycles. The molecule has 0 radical (unpaired) electrons. The van der Waals surface area contributed by atoms with Gasteiger partial charge < -0.3 is 10.5 Å². The van der Waals surface area contributed by atoms with E-state index >= 15 is 0 Å². The highest BCUT2D eigenvalue weighted by Crippen LogP contribution is 2.72. The van der Waals surface area contributed by atoms with Gasteiger partial charge in [-0.25, -0.2) is 0 Å². The average molecular weight is 325 g/mol. The van der Waals surface area contributed by atoms with Crippen LogP contribution in [0.25, 0.3) is 0 Å². The van der Waals surface area contributed by atoms with E-state index in [-0.39, 0.29) is 28.3 Å². The molecule has 2 saturated carbocycles. The molecule has 23 heavy (non-hydrogen) atoms. The molecule has 4 atom stereocenters. The number of hydrogen-bond acceptors (Lipinski definition) is 4. The summed E-state index contributed by atoms with van der Waals surface area (Å²) in [6.45, 7) is 16.2. The summed E-state index contributed by atoms with van der Waals surface area (Å²) in [5.74, 6) is 0.319. The van der Waals surface area contributed by atoms with Gasteiger partial charge in [-0.1, -0.05) is 34.6 Å². The molecule has 4 heteroatoms. The van der Waals surface area contributed by atoms with Crippen LogP contribution in [0.1, 0.15) is 60.8 Å². The first kappa shape index (κ1) is 18.7. The molecule has 0 aromatic rings. The molecule has 2 rings (SSSR count). The summed E-state index contributed by atoms with van der Waals surface area (Å²) in [5.41, 5.74) is 6.31. The molecule has 0 unspecified atom stereocenters. The van der Waals surface area contributed by atoms with Crippen LogP contribution in [-0.4, -0.2) is 42.6 Å². The lowest BCUT2D eigenvalue weighted by Crippen LogP contribution is -2.66. The first-order valence-electron chi connectivity index (χ1n) is 9.38. The lowest BCUT2D eigenvalue weighted by molar-refractivity contribution is -0.162. The van der Waals surface area contributed by atoms with Crippen molar-refractivity contribution in [1.82, 2.24) is 4.90 Å². The molecule has 0 spiro atoms. The van der Waals surface area contributed by atoms with Crippen molar-refractivity contribution in [3.05, 3.63) is 0 Å². The maximum absolute atomic E-state index is 12.8. The Labute approximate surface area is 142 Å². The summed E-state index contributed by atoms with van der Waals surface area (Å²) < 4.78 is 5.45. The van der Waals surface area contributed by atoms with Crippen molar-refractivity contribution < 1.29 is 9.53 Å². The van der Waals surface area contributed by atoms with Crippen LogP contribution >= 0.6 is 0 Å². The number of fused-ring (bicyclic) bond motifs is 2. The number of carbonyl (C=O) groups excluding carboxylic acids is 1. The van der Waals surface area contributed by atoms with Gasteiger partial charge in [0.05, 0.1) is 12.5 Å². The zero-order valence-corrected chi connectivity index (χ0v) is 15.9. The predicted molar refractivity (Wildman–Crippen MR) is 94.1 cm³/mol. The number of nitrogens with zero attached hydrogens (tertiary/aromatic N) is 1. The zero-order chi connectivity index (χ0) is 17.5. The van der Waals surface area contributed by atoms with Crippen molar-refractivity contribution >= 4 is 5.97 Å². The van der Waals surface area contributed by atoms with Gasteiger partial charge in [-0.3, -0.25) is 9.69 Å². The highest BCUT2D eigenvalue weighted by Gasteiger charge is 2.72. The number of carbonyl (C=O) groups is 1. The van der Waals surface area contributed by atoms with Crippen LogP contribution in [0.15, 0.2) is 0 Å². The summed E-state index contributed by atoms with van der Waals surface area (Å²) in [6.07, 6.45) is 3.52. The van der Waals surface area contributed by atoms with Gasteiger partial charge in [0.25, 0.3) is 0 Å². The maximum atomic E-state index is 12.8. The van der Waals surface area contributed by atoms with E-state index in [0.717, 1.165) is 19.5 Å². The SMILES string of the molecule is CCOC(=O)[C@H](CN)[C@]1(N(CC)CC)C[C@H]2CC[C@]1(C)C2(C)C. The highest BCUT2D eigenvalue weighted by molar-refractivity contribution is 5.75. The van der Waals surface area contributed by atoms with Crippen molar-refractivity contribution in [3.8, 4) is 0 Å². The Kier molecular flexibility index (Phi) is 5.18. The third-order valence-corrected chi connectivity index (χ3v) is 7.66. The van der Waals surface area contributed by atoms with Gasteiger partial charge in [0.15, 0.2) is 0 Å². The average Bonchev–Trinajstić information content (AvgIpc) is 2.82. The Bertz CT molecular complexity index is 447. The van der Waals surface area contributed by atoms with E-state index in [4.69, 9.17) is 10.5 Å². The van der Waals surface area contributed by atoms with Crippen LogP contribution in [0, 0.1) is 22.7 Å². The topological polar surface area (TPSA) is 55.6 Å². The van der Waals surface area contributed by atoms with E-state index in [9.17, 15) is 4.79 Å². The van der Waals surface area contributed by atoms with Crippen LogP contribution in [0.2, 0.25) is 0 Å². The molecule has 2 bridgehead atoms. The second kappa shape index (κ2) is 6.36. The third kappa shape index (κ3) is 2.28. The van der Waals surface area contributed by atoms with Crippen LogP contribution < -0.4 is 5.73 Å². The largest absolute Gasteiger partial charge is 0.466 e. The third-order valence-electron chi connectivity index (χ3n) is 7.66. The van der Waals surface area contributed by atoms with E-state index in [1.54, 1.807) is 0 Å². The zero-order valence-electron chi connectivity index (χ0n) is 15.9. The molecule has 134 valence electrons. The van der Waals surface area contributed by atoms with E-state index in [0.29, 0.717) is 19.1 Å². The van der Waals surface area contributed by atoms with Crippen molar-refractivity contribution in [3.63, 3.8) is 0 Å². The lowest BCUT2D eigenvalue weighted by atomic mass is 9.57. The van der Waals surface area contributed by atoms with Crippen molar-refractivity contribution in [2.45, 2.75) is 66.3 Å². The Morgan fingerprint density at radius 1 is 1.26 bits per heavy atom. The van der Waals surface area contributed by atoms with Crippen LogP contribution in [0.3, 0.4) is 0 Å². The Morgan fingerprint density at radius 3 is 2.22 bits per heavy atom. The molecule has 2 N–H and O–H groups in total. The number of rotatable bonds is 7. The number of ether oxygens (including phenoxy) is 1. The molecule has 4 nitrogen and oxygen atoms in total. The number of hydrogen-bond donors (Lipinski definition) is 1. The molecule has 0 aliphatic heterocycles. The standard InChI is InChI=1S/C19H36N2O2/c1-7-21(8-2)19(15(13-20)16(22)23-9-3)12-14-10-11-18(19,6)17(14,4)5/h14-15H,7-13,20H2,1-6H3/t14-,15+,18-,19-/m1/s1. The minimum Gasteiger partial charge on any atom is -0.466 e. The van der Waals surface area contributed by atoms with E-state index in [1.165, 1.54) is 12.8 Å². The first-order valence-corrected chi connectivity index (χ1v) is 9.38. The summed E-state index contributed by atoms with van der Waals surface area (Å²) in [4.78, 5) is 15.3. The maximum Gasteiger partial charge on any atom is 0.312 e. The molecule has 0 heterocycles. The van der Waals surface area contributed by atoms with E-state index in [1.807, 2.05) is 6.92 Å². The molecule has 2 fully saturated rings. The molecular weight excluding hydrogens is 288 g/mol. The minimum atomic E-state index is -0.239. The Hall–Kier alpha value is -0.610. The van der Waals surface area contributed by atoms with E-state index < -0.39 is 0 Å². The van der Waals surface area contributed by atoms with Crippen LogP contribution in [-0.2, 0) is 9.53 Å². The van der Waals surface area contributed by atoms with Crippen molar-refractivity contribution in [2.24, 2.45) is 28.4 Å². The molecule has 0 amide bonds. The highest BCUT2D eigenvalue weighted by atomic mass is 16.5. The molecule has 0 saturated heterocycles. The minimum absolute atomic E-state index is 0.0908. The van der Waals surface area contributed by atoms with E-state index in [2.05, 4.69) is 39.5 Å². The van der Waals surface area contributed by atoms with Gasteiger partial charge in [0.2, 0.25) is 0 Å². The number of nitrogens with two attached hydrogens (primary N) is 1. The lowest BCUT2D eigenvalue weighted by Gasteiger charge is -2.57. The predicted octanol–water partition coefficient (Wildman–Crippen LogP) is 3.05. The Morgan fingerprint density at radius 2 is 1.87 bits per heavy atom.